The number of Topliss-reactive ketones (excluding diaryl/α,β-unsaturated/α-hetero) is 1. The second-order valence-corrected chi connectivity index (χ2v) is 7.31. The number of nitrogens with zero attached hydrogens (tertiary/aromatic N) is 2. The Balaban J connectivity index is 1.33. The number of aromatic hydroxyl groups is 1. The van der Waals surface area contributed by atoms with Crippen molar-refractivity contribution in [3.63, 3.8) is 0 Å². The number of pyridine rings is 1. The van der Waals surface area contributed by atoms with Crippen LogP contribution >= 0.6 is 0 Å². The normalized spacial score (nSPS) is 28.0. The van der Waals surface area contributed by atoms with Crippen molar-refractivity contribution in [2.24, 2.45) is 11.8 Å². The molecule has 6 heteroatoms. The summed E-state index contributed by atoms with van der Waals surface area (Å²) < 4.78 is 5.83. The van der Waals surface area contributed by atoms with Gasteiger partial charge in [0, 0.05) is 25.9 Å². The molecule has 2 aromatic rings. The van der Waals surface area contributed by atoms with Crippen LogP contribution in [0.3, 0.4) is 0 Å². The minimum atomic E-state index is -1.12. The summed E-state index contributed by atoms with van der Waals surface area (Å²) in [5.74, 6) is 0.204. The molecule has 0 unspecified atom stereocenters. The number of fused-ring (bicyclic) bond motifs is 1. The molecule has 1 aliphatic heterocycles. The lowest BCUT2D eigenvalue weighted by Gasteiger charge is -2.26. The van der Waals surface area contributed by atoms with Gasteiger partial charge in [0.2, 0.25) is 5.79 Å². The number of likely N-dealkylation sites (tertiary alicyclic amines) is 1. The van der Waals surface area contributed by atoms with Crippen molar-refractivity contribution >= 4 is 5.78 Å². The van der Waals surface area contributed by atoms with Gasteiger partial charge in [-0.2, -0.15) is 0 Å². The molecule has 1 saturated heterocycles. The smallest absolute Gasteiger partial charge is 0.208 e. The first-order valence-electron chi connectivity index (χ1n) is 8.88. The molecule has 2 aliphatic rings. The summed E-state index contributed by atoms with van der Waals surface area (Å²) in [4.78, 5) is 18.4. The lowest BCUT2D eigenvalue weighted by Crippen LogP contribution is -2.36. The van der Waals surface area contributed by atoms with Crippen molar-refractivity contribution in [2.75, 3.05) is 19.6 Å². The molecule has 136 valence electrons. The number of carbonyl (C=O) groups is 1. The maximum Gasteiger partial charge on any atom is 0.208 e. The van der Waals surface area contributed by atoms with Gasteiger partial charge in [-0.1, -0.05) is 18.2 Å². The summed E-state index contributed by atoms with van der Waals surface area (Å²) in [5.41, 5.74) is 0.365. The highest BCUT2D eigenvalue weighted by atomic mass is 16.6. The Morgan fingerprint density at radius 1 is 1.15 bits per heavy atom. The zero-order chi connectivity index (χ0) is 18.1. The van der Waals surface area contributed by atoms with Gasteiger partial charge in [0.05, 0.1) is 12.7 Å². The molecule has 2 fully saturated rings. The zero-order valence-electron chi connectivity index (χ0n) is 14.4. The number of para-hydroxylation sites is 1. The van der Waals surface area contributed by atoms with Crippen LogP contribution in [0.4, 0.5) is 0 Å². The highest BCUT2D eigenvalue weighted by molar-refractivity contribution is 5.95. The number of benzene rings is 1. The van der Waals surface area contributed by atoms with E-state index in [-0.39, 0.29) is 11.5 Å². The molecule has 1 saturated carbocycles. The van der Waals surface area contributed by atoms with Crippen molar-refractivity contribution in [3.05, 3.63) is 54.4 Å². The summed E-state index contributed by atoms with van der Waals surface area (Å²) in [7, 11) is 0. The van der Waals surface area contributed by atoms with Gasteiger partial charge in [-0.3, -0.25) is 9.69 Å². The van der Waals surface area contributed by atoms with Crippen LogP contribution < -0.4 is 4.74 Å². The second-order valence-electron chi connectivity index (χ2n) is 7.31. The van der Waals surface area contributed by atoms with Crippen molar-refractivity contribution in [2.45, 2.75) is 18.6 Å². The van der Waals surface area contributed by atoms with E-state index in [9.17, 15) is 15.0 Å². The average molecular weight is 354 g/mol. The Bertz CT molecular complexity index is 764. The van der Waals surface area contributed by atoms with Crippen molar-refractivity contribution in [1.29, 1.82) is 0 Å². The monoisotopic (exact) mass is 354 g/mol. The second kappa shape index (κ2) is 6.70. The fraction of sp³-hybridized carbons (Fsp3) is 0.400. The quantitative estimate of drug-likeness (QED) is 0.632. The fourth-order valence-corrected chi connectivity index (χ4v) is 4.16. The van der Waals surface area contributed by atoms with E-state index in [4.69, 9.17) is 4.74 Å². The van der Waals surface area contributed by atoms with Crippen LogP contribution in [0, 0.1) is 11.8 Å². The van der Waals surface area contributed by atoms with Gasteiger partial charge in [-0.15, -0.1) is 0 Å². The standard InChI is InChI=1S/C20H22N2O4/c23-16-6-7-18(21-10-16)19(24)13-22-11-14-8-20(25,9-15(14)12-22)26-17-4-2-1-3-5-17/h1-7,10,14-15,23,25H,8-9,11-13H2/t14-,15+,20+. The number of aromatic nitrogens is 1. The number of aliphatic hydroxyl groups is 1. The number of ether oxygens (including phenoxy) is 1. The zero-order valence-corrected chi connectivity index (χ0v) is 14.4. The molecule has 1 aromatic carbocycles. The van der Waals surface area contributed by atoms with Crippen LogP contribution in [0.25, 0.3) is 0 Å². The molecule has 0 radical (unpaired) electrons. The van der Waals surface area contributed by atoms with E-state index < -0.39 is 5.79 Å². The van der Waals surface area contributed by atoms with Crippen LogP contribution in [0.5, 0.6) is 11.5 Å². The van der Waals surface area contributed by atoms with Gasteiger partial charge in [-0.25, -0.2) is 4.98 Å². The number of hydrogen-bond donors (Lipinski definition) is 2. The van der Waals surface area contributed by atoms with Gasteiger partial charge in [0.15, 0.2) is 5.78 Å². The van der Waals surface area contributed by atoms with Gasteiger partial charge < -0.3 is 14.9 Å². The largest absolute Gasteiger partial charge is 0.506 e. The third-order valence-electron chi connectivity index (χ3n) is 5.27. The fourth-order valence-electron chi connectivity index (χ4n) is 4.16. The van der Waals surface area contributed by atoms with E-state index >= 15 is 0 Å². The lowest BCUT2D eigenvalue weighted by molar-refractivity contribution is -0.136. The van der Waals surface area contributed by atoms with Crippen molar-refractivity contribution in [1.82, 2.24) is 9.88 Å². The van der Waals surface area contributed by atoms with Crippen LogP contribution in [-0.2, 0) is 0 Å². The van der Waals surface area contributed by atoms with Gasteiger partial charge in [0.1, 0.15) is 17.2 Å². The van der Waals surface area contributed by atoms with Gasteiger partial charge in [0.25, 0.3) is 0 Å². The molecule has 2 N–H and O–H groups in total. The molecule has 4 rings (SSSR count). The van der Waals surface area contributed by atoms with Gasteiger partial charge >= 0.3 is 0 Å². The first-order chi connectivity index (χ1) is 12.5. The average Bonchev–Trinajstić information content (AvgIpc) is 3.10. The number of hydrogen-bond acceptors (Lipinski definition) is 6. The van der Waals surface area contributed by atoms with E-state index in [1.165, 1.54) is 12.3 Å². The number of carbonyl (C=O) groups excluding carboxylic acids is 1. The van der Waals surface area contributed by atoms with E-state index in [2.05, 4.69) is 9.88 Å². The maximum atomic E-state index is 12.3. The summed E-state index contributed by atoms with van der Waals surface area (Å²) in [5, 5.41) is 20.0. The highest BCUT2D eigenvalue weighted by Crippen LogP contribution is 2.44. The Kier molecular flexibility index (Phi) is 4.38. The Hall–Kier alpha value is -2.44. The highest BCUT2D eigenvalue weighted by Gasteiger charge is 2.50. The minimum absolute atomic E-state index is 0.0509. The van der Waals surface area contributed by atoms with Crippen molar-refractivity contribution in [3.8, 4) is 11.5 Å². The molecule has 2 heterocycles. The topological polar surface area (TPSA) is 82.9 Å². The molecule has 1 aromatic heterocycles. The third-order valence-corrected chi connectivity index (χ3v) is 5.27. The molecule has 0 spiro atoms. The molecular weight excluding hydrogens is 332 g/mol. The van der Waals surface area contributed by atoms with Crippen molar-refractivity contribution < 1.29 is 19.7 Å². The molecule has 0 bridgehead atoms. The predicted octanol–water partition coefficient (Wildman–Crippen LogP) is 2.08. The molecule has 6 nitrogen and oxygen atoms in total. The lowest BCUT2D eigenvalue weighted by atomic mass is 10.0. The molecule has 3 atom stereocenters. The van der Waals surface area contributed by atoms with Crippen LogP contribution in [0.15, 0.2) is 48.7 Å². The van der Waals surface area contributed by atoms with E-state index in [1.807, 2.05) is 30.3 Å². The Labute approximate surface area is 152 Å². The maximum absolute atomic E-state index is 12.3. The summed E-state index contributed by atoms with van der Waals surface area (Å²) in [6, 6.07) is 12.4. The number of ketones is 1. The van der Waals surface area contributed by atoms with Crippen LogP contribution in [0.2, 0.25) is 0 Å². The van der Waals surface area contributed by atoms with E-state index in [0.717, 1.165) is 13.1 Å². The summed E-state index contributed by atoms with van der Waals surface area (Å²) in [6.07, 6.45) is 2.44. The third kappa shape index (κ3) is 3.57. The Morgan fingerprint density at radius 3 is 2.46 bits per heavy atom. The minimum Gasteiger partial charge on any atom is -0.506 e. The molecular formula is C20H22N2O4. The molecule has 0 amide bonds. The SMILES string of the molecule is O=C(CN1C[C@@H]2C[C@@](O)(Oc3ccccc3)C[C@@H]2C1)c1ccc(O)cn1. The summed E-state index contributed by atoms with van der Waals surface area (Å²) >= 11 is 0. The Morgan fingerprint density at radius 2 is 1.85 bits per heavy atom. The molecule has 26 heavy (non-hydrogen) atoms. The van der Waals surface area contributed by atoms with Gasteiger partial charge in [-0.05, 0) is 36.1 Å². The first kappa shape index (κ1) is 17.0. The molecule has 1 aliphatic carbocycles. The van der Waals surface area contributed by atoms with E-state index in [1.54, 1.807) is 6.07 Å². The van der Waals surface area contributed by atoms with E-state index in [0.29, 0.717) is 42.7 Å². The van der Waals surface area contributed by atoms with Crippen LogP contribution in [0.1, 0.15) is 23.3 Å². The first-order valence-corrected chi connectivity index (χ1v) is 8.88. The van der Waals surface area contributed by atoms with Crippen LogP contribution in [-0.4, -0.2) is 51.3 Å². The predicted molar refractivity (Wildman–Crippen MR) is 94.9 cm³/mol. The summed E-state index contributed by atoms with van der Waals surface area (Å²) in [6.45, 7) is 1.85. The number of rotatable bonds is 5.